The SMILES string of the molecule is CCCSCc1nc(C)c(CCNC2CC2)c(C)n1. The molecule has 0 atom stereocenters. The zero-order chi connectivity index (χ0) is 13.7. The van der Waals surface area contributed by atoms with E-state index in [2.05, 4.69) is 36.1 Å². The molecule has 1 aliphatic rings. The van der Waals surface area contributed by atoms with Gasteiger partial charge in [-0.05, 0) is 57.4 Å². The van der Waals surface area contributed by atoms with Crippen LogP contribution in [0.2, 0.25) is 0 Å². The molecule has 1 saturated carbocycles. The lowest BCUT2D eigenvalue weighted by atomic mass is 10.1. The normalized spacial score (nSPS) is 14.9. The molecule has 19 heavy (non-hydrogen) atoms. The van der Waals surface area contributed by atoms with Crippen molar-refractivity contribution in [2.45, 2.75) is 58.2 Å². The third-order valence-corrected chi connectivity index (χ3v) is 4.59. The third kappa shape index (κ3) is 4.77. The van der Waals surface area contributed by atoms with Gasteiger partial charge in [-0.15, -0.1) is 0 Å². The average molecular weight is 279 g/mol. The molecule has 0 bridgehead atoms. The minimum absolute atomic E-state index is 0.784. The van der Waals surface area contributed by atoms with Gasteiger partial charge in [0.2, 0.25) is 0 Å². The molecule has 0 aliphatic heterocycles. The van der Waals surface area contributed by atoms with Crippen molar-refractivity contribution >= 4 is 11.8 Å². The smallest absolute Gasteiger partial charge is 0.138 e. The maximum atomic E-state index is 4.66. The molecular weight excluding hydrogens is 254 g/mol. The summed E-state index contributed by atoms with van der Waals surface area (Å²) in [6.07, 6.45) is 4.97. The number of aryl methyl sites for hydroxylation is 2. The Labute approximate surface area is 121 Å². The lowest BCUT2D eigenvalue weighted by Crippen LogP contribution is -2.20. The summed E-state index contributed by atoms with van der Waals surface area (Å²) in [5.41, 5.74) is 3.66. The molecule has 1 N–H and O–H groups in total. The van der Waals surface area contributed by atoms with Gasteiger partial charge in [-0.1, -0.05) is 6.92 Å². The predicted octanol–water partition coefficient (Wildman–Crippen LogP) is 3.03. The van der Waals surface area contributed by atoms with Gasteiger partial charge in [0.1, 0.15) is 5.82 Å². The van der Waals surface area contributed by atoms with E-state index in [1.54, 1.807) is 0 Å². The van der Waals surface area contributed by atoms with Crippen molar-refractivity contribution < 1.29 is 0 Å². The Kier molecular flexibility index (Phi) is 5.64. The first-order valence-corrected chi connectivity index (χ1v) is 8.50. The third-order valence-electron chi connectivity index (χ3n) is 3.43. The van der Waals surface area contributed by atoms with E-state index in [0.29, 0.717) is 0 Å². The quantitative estimate of drug-likeness (QED) is 0.742. The number of rotatable bonds is 8. The van der Waals surface area contributed by atoms with E-state index < -0.39 is 0 Å². The maximum Gasteiger partial charge on any atom is 0.138 e. The first-order valence-electron chi connectivity index (χ1n) is 7.34. The molecule has 0 unspecified atom stereocenters. The summed E-state index contributed by atoms with van der Waals surface area (Å²) in [4.78, 5) is 9.32. The minimum atomic E-state index is 0.784. The Morgan fingerprint density at radius 3 is 2.47 bits per heavy atom. The molecule has 0 aromatic carbocycles. The van der Waals surface area contributed by atoms with Gasteiger partial charge in [0.05, 0.1) is 5.75 Å². The second-order valence-corrected chi connectivity index (χ2v) is 6.43. The zero-order valence-corrected chi connectivity index (χ0v) is 13.1. The van der Waals surface area contributed by atoms with Crippen LogP contribution in [0, 0.1) is 13.8 Å². The molecule has 0 radical (unpaired) electrons. The van der Waals surface area contributed by atoms with E-state index in [-0.39, 0.29) is 0 Å². The van der Waals surface area contributed by atoms with Crippen LogP contribution in [0.5, 0.6) is 0 Å². The van der Waals surface area contributed by atoms with Crippen LogP contribution in [-0.4, -0.2) is 28.3 Å². The molecule has 2 rings (SSSR count). The molecule has 106 valence electrons. The molecule has 1 aliphatic carbocycles. The summed E-state index contributed by atoms with van der Waals surface area (Å²) in [6, 6.07) is 0.784. The number of thioether (sulfide) groups is 1. The molecule has 3 nitrogen and oxygen atoms in total. The number of nitrogens with one attached hydrogen (secondary N) is 1. The second kappa shape index (κ2) is 7.25. The lowest BCUT2D eigenvalue weighted by molar-refractivity contribution is 0.674. The van der Waals surface area contributed by atoms with E-state index in [1.807, 2.05) is 11.8 Å². The average Bonchev–Trinajstić information content (AvgIpc) is 3.17. The highest BCUT2D eigenvalue weighted by molar-refractivity contribution is 7.98. The van der Waals surface area contributed by atoms with E-state index in [0.717, 1.165) is 42.0 Å². The molecule has 1 aromatic rings. The summed E-state index contributed by atoms with van der Waals surface area (Å²) in [5, 5.41) is 3.56. The zero-order valence-electron chi connectivity index (χ0n) is 12.3. The van der Waals surface area contributed by atoms with Crippen molar-refractivity contribution in [3.05, 3.63) is 22.8 Å². The van der Waals surface area contributed by atoms with Gasteiger partial charge in [-0.3, -0.25) is 0 Å². The maximum absolute atomic E-state index is 4.66. The minimum Gasteiger partial charge on any atom is -0.314 e. The molecule has 1 fully saturated rings. The monoisotopic (exact) mass is 279 g/mol. The van der Waals surface area contributed by atoms with Crippen LogP contribution < -0.4 is 5.32 Å². The predicted molar refractivity (Wildman–Crippen MR) is 82.7 cm³/mol. The number of hydrogen-bond acceptors (Lipinski definition) is 4. The van der Waals surface area contributed by atoms with Gasteiger partial charge in [0, 0.05) is 17.4 Å². The molecule has 1 aromatic heterocycles. The van der Waals surface area contributed by atoms with Crippen LogP contribution in [0.1, 0.15) is 49.0 Å². The summed E-state index contributed by atoms with van der Waals surface area (Å²) in [7, 11) is 0. The van der Waals surface area contributed by atoms with Crippen LogP contribution in [0.15, 0.2) is 0 Å². The number of aromatic nitrogens is 2. The van der Waals surface area contributed by atoms with Crippen molar-refractivity contribution in [1.82, 2.24) is 15.3 Å². The molecule has 0 amide bonds. The Morgan fingerprint density at radius 1 is 1.21 bits per heavy atom. The highest BCUT2D eigenvalue weighted by atomic mass is 32.2. The van der Waals surface area contributed by atoms with E-state index >= 15 is 0 Å². The highest BCUT2D eigenvalue weighted by Crippen LogP contribution is 2.19. The molecular formula is C15H25N3S. The molecule has 0 spiro atoms. The van der Waals surface area contributed by atoms with Crippen LogP contribution in [0.4, 0.5) is 0 Å². The van der Waals surface area contributed by atoms with Crippen LogP contribution in [0.3, 0.4) is 0 Å². The standard InChI is InChI=1S/C15H25N3S/c1-4-9-19-10-15-17-11(2)14(12(3)18-15)7-8-16-13-5-6-13/h13,16H,4-10H2,1-3H3. The number of nitrogens with zero attached hydrogens (tertiary/aromatic N) is 2. The van der Waals surface area contributed by atoms with Crippen LogP contribution in [-0.2, 0) is 12.2 Å². The number of hydrogen-bond donors (Lipinski definition) is 1. The summed E-state index contributed by atoms with van der Waals surface area (Å²) in [5.74, 6) is 3.12. The first-order chi connectivity index (χ1) is 9.20. The van der Waals surface area contributed by atoms with Gasteiger partial charge in [0.25, 0.3) is 0 Å². The summed E-state index contributed by atoms with van der Waals surface area (Å²) < 4.78 is 0. The fourth-order valence-electron chi connectivity index (χ4n) is 2.23. The fourth-order valence-corrected chi connectivity index (χ4v) is 2.98. The lowest BCUT2D eigenvalue weighted by Gasteiger charge is -2.11. The Morgan fingerprint density at radius 2 is 1.89 bits per heavy atom. The summed E-state index contributed by atoms with van der Waals surface area (Å²) in [6.45, 7) is 7.50. The van der Waals surface area contributed by atoms with Gasteiger partial charge >= 0.3 is 0 Å². The van der Waals surface area contributed by atoms with Gasteiger partial charge < -0.3 is 5.32 Å². The highest BCUT2D eigenvalue weighted by Gasteiger charge is 2.20. The van der Waals surface area contributed by atoms with Crippen molar-refractivity contribution in [3.63, 3.8) is 0 Å². The van der Waals surface area contributed by atoms with Crippen LogP contribution in [0.25, 0.3) is 0 Å². The Balaban J connectivity index is 1.91. The van der Waals surface area contributed by atoms with Crippen LogP contribution >= 0.6 is 11.8 Å². The van der Waals surface area contributed by atoms with Gasteiger partial charge in [0.15, 0.2) is 0 Å². The van der Waals surface area contributed by atoms with Crippen molar-refractivity contribution in [2.75, 3.05) is 12.3 Å². The molecule has 0 saturated heterocycles. The first kappa shape index (κ1) is 14.8. The Hall–Kier alpha value is -0.610. The van der Waals surface area contributed by atoms with E-state index in [4.69, 9.17) is 0 Å². The van der Waals surface area contributed by atoms with Crippen molar-refractivity contribution in [1.29, 1.82) is 0 Å². The van der Waals surface area contributed by atoms with Crippen molar-refractivity contribution in [3.8, 4) is 0 Å². The van der Waals surface area contributed by atoms with Gasteiger partial charge in [-0.2, -0.15) is 11.8 Å². The molecule has 4 heteroatoms. The largest absolute Gasteiger partial charge is 0.314 e. The topological polar surface area (TPSA) is 37.8 Å². The molecule has 1 heterocycles. The Bertz CT molecular complexity index is 393. The second-order valence-electron chi connectivity index (χ2n) is 5.32. The van der Waals surface area contributed by atoms with E-state index in [1.165, 1.54) is 30.6 Å². The van der Waals surface area contributed by atoms with Crippen molar-refractivity contribution in [2.24, 2.45) is 0 Å². The van der Waals surface area contributed by atoms with E-state index in [9.17, 15) is 0 Å². The van der Waals surface area contributed by atoms with Gasteiger partial charge in [-0.25, -0.2) is 9.97 Å². The summed E-state index contributed by atoms with van der Waals surface area (Å²) >= 11 is 1.92. The fraction of sp³-hybridized carbons (Fsp3) is 0.733.